The lowest BCUT2D eigenvalue weighted by Gasteiger charge is -2.15. The molecule has 1 rings (SSSR count). The number of rotatable bonds is 6. The third kappa shape index (κ3) is 3.76. The van der Waals surface area contributed by atoms with Gasteiger partial charge in [-0.05, 0) is 50.5 Å². The third-order valence-electron chi connectivity index (χ3n) is 3.18. The molecule has 2 N–H and O–H groups in total. The van der Waals surface area contributed by atoms with Crippen molar-refractivity contribution in [2.24, 2.45) is 0 Å². The van der Waals surface area contributed by atoms with Crippen LogP contribution in [-0.4, -0.2) is 18.5 Å². The van der Waals surface area contributed by atoms with Crippen molar-refractivity contribution in [3.63, 3.8) is 0 Å². The van der Waals surface area contributed by atoms with E-state index in [-0.39, 0.29) is 11.9 Å². The van der Waals surface area contributed by atoms with Crippen molar-refractivity contribution in [1.29, 1.82) is 0 Å². The van der Waals surface area contributed by atoms with Crippen molar-refractivity contribution < 1.29 is 4.79 Å². The molecule has 0 unspecified atom stereocenters. The molecule has 1 aromatic carbocycles. The van der Waals surface area contributed by atoms with Gasteiger partial charge in [-0.3, -0.25) is 4.79 Å². The number of benzene rings is 1. The van der Waals surface area contributed by atoms with Crippen LogP contribution < -0.4 is 10.6 Å². The van der Waals surface area contributed by atoms with Gasteiger partial charge in [0.05, 0.1) is 0 Å². The van der Waals surface area contributed by atoms with E-state index in [4.69, 9.17) is 0 Å². The molecule has 18 heavy (non-hydrogen) atoms. The van der Waals surface area contributed by atoms with E-state index in [9.17, 15) is 4.79 Å². The van der Waals surface area contributed by atoms with Gasteiger partial charge in [-0.25, -0.2) is 0 Å². The fourth-order valence-electron chi connectivity index (χ4n) is 1.96. The van der Waals surface area contributed by atoms with Crippen LogP contribution in [0.25, 0.3) is 0 Å². The Labute approximate surface area is 110 Å². The third-order valence-corrected chi connectivity index (χ3v) is 3.18. The lowest BCUT2D eigenvalue weighted by atomic mass is 10.1. The lowest BCUT2D eigenvalue weighted by Crippen LogP contribution is -2.33. The largest absolute Gasteiger partial charge is 0.385 e. The van der Waals surface area contributed by atoms with Crippen molar-refractivity contribution >= 4 is 11.6 Å². The first-order valence-electron chi connectivity index (χ1n) is 6.77. The molecule has 3 nitrogen and oxygen atoms in total. The number of aryl methyl sites for hydroxylation is 1. The molecule has 0 saturated carbocycles. The molecule has 0 radical (unpaired) electrons. The van der Waals surface area contributed by atoms with Gasteiger partial charge in [0.2, 0.25) is 0 Å². The summed E-state index contributed by atoms with van der Waals surface area (Å²) in [6, 6.07) is 6.06. The van der Waals surface area contributed by atoms with E-state index in [1.807, 2.05) is 25.1 Å². The van der Waals surface area contributed by atoms with Crippen LogP contribution in [-0.2, 0) is 0 Å². The van der Waals surface area contributed by atoms with Crippen molar-refractivity contribution in [3.8, 4) is 0 Å². The minimum atomic E-state index is 0.0230. The summed E-state index contributed by atoms with van der Waals surface area (Å²) in [5.41, 5.74) is 2.94. The van der Waals surface area contributed by atoms with Gasteiger partial charge in [-0.1, -0.05) is 13.8 Å². The predicted octanol–water partition coefficient (Wildman–Crippen LogP) is 3.35. The van der Waals surface area contributed by atoms with Crippen molar-refractivity contribution in [2.45, 2.75) is 46.6 Å². The summed E-state index contributed by atoms with van der Waals surface area (Å²) in [6.07, 6.45) is 1.94. The molecule has 1 amide bonds. The molecule has 0 aliphatic heterocycles. The Hall–Kier alpha value is -1.51. The summed E-state index contributed by atoms with van der Waals surface area (Å²) < 4.78 is 0. The summed E-state index contributed by atoms with van der Waals surface area (Å²) in [7, 11) is 0. The van der Waals surface area contributed by atoms with Crippen LogP contribution in [0.5, 0.6) is 0 Å². The summed E-state index contributed by atoms with van der Waals surface area (Å²) in [4.78, 5) is 12.1. The van der Waals surface area contributed by atoms with Crippen molar-refractivity contribution in [3.05, 3.63) is 29.3 Å². The molecule has 3 heteroatoms. The average molecular weight is 248 g/mol. The monoisotopic (exact) mass is 248 g/mol. The van der Waals surface area contributed by atoms with E-state index in [1.54, 1.807) is 0 Å². The first-order valence-corrected chi connectivity index (χ1v) is 6.77. The number of hydrogen-bond acceptors (Lipinski definition) is 2. The molecule has 100 valence electrons. The van der Waals surface area contributed by atoms with Gasteiger partial charge in [0.25, 0.3) is 5.91 Å². The van der Waals surface area contributed by atoms with E-state index in [2.05, 4.69) is 31.4 Å². The molecule has 0 bridgehead atoms. The highest BCUT2D eigenvalue weighted by molar-refractivity contribution is 5.95. The summed E-state index contributed by atoms with van der Waals surface area (Å²) in [5, 5.41) is 6.33. The minimum Gasteiger partial charge on any atom is -0.385 e. The second-order valence-corrected chi connectivity index (χ2v) is 4.55. The second kappa shape index (κ2) is 7.04. The van der Waals surface area contributed by atoms with Gasteiger partial charge in [0, 0.05) is 23.8 Å². The maximum Gasteiger partial charge on any atom is 0.251 e. The molecule has 0 aliphatic carbocycles. The Morgan fingerprint density at radius 1 is 1.22 bits per heavy atom. The summed E-state index contributed by atoms with van der Waals surface area (Å²) in [5.74, 6) is 0.0230. The van der Waals surface area contributed by atoms with Crippen LogP contribution >= 0.6 is 0 Å². The molecular formula is C15H24N2O. The predicted molar refractivity (Wildman–Crippen MR) is 77.2 cm³/mol. The minimum absolute atomic E-state index is 0.0230. The van der Waals surface area contributed by atoms with E-state index in [0.717, 1.165) is 36.2 Å². The zero-order valence-corrected chi connectivity index (χ0v) is 11.8. The SMILES string of the molecule is CCNc1ccc(C(=O)NC(CC)CC)cc1C. The van der Waals surface area contributed by atoms with E-state index >= 15 is 0 Å². The van der Waals surface area contributed by atoms with Crippen LogP contribution in [0.1, 0.15) is 49.5 Å². The average Bonchev–Trinajstić information content (AvgIpc) is 2.38. The summed E-state index contributed by atoms with van der Waals surface area (Å²) >= 11 is 0. The Morgan fingerprint density at radius 2 is 1.89 bits per heavy atom. The molecule has 0 aromatic heterocycles. The van der Waals surface area contributed by atoms with E-state index in [0.29, 0.717) is 0 Å². The molecule has 0 atom stereocenters. The van der Waals surface area contributed by atoms with Gasteiger partial charge < -0.3 is 10.6 Å². The topological polar surface area (TPSA) is 41.1 Å². The zero-order chi connectivity index (χ0) is 13.5. The zero-order valence-electron chi connectivity index (χ0n) is 11.8. The molecule has 0 aliphatic rings. The fraction of sp³-hybridized carbons (Fsp3) is 0.533. The Balaban J connectivity index is 2.78. The van der Waals surface area contributed by atoms with Crippen LogP contribution in [0.4, 0.5) is 5.69 Å². The smallest absolute Gasteiger partial charge is 0.251 e. The molecular weight excluding hydrogens is 224 g/mol. The van der Waals surface area contributed by atoms with Crippen LogP contribution in [0.3, 0.4) is 0 Å². The van der Waals surface area contributed by atoms with Crippen LogP contribution in [0.15, 0.2) is 18.2 Å². The molecule has 0 spiro atoms. The number of hydrogen-bond donors (Lipinski definition) is 2. The van der Waals surface area contributed by atoms with Gasteiger partial charge in [-0.15, -0.1) is 0 Å². The first kappa shape index (κ1) is 14.6. The van der Waals surface area contributed by atoms with E-state index in [1.165, 1.54) is 0 Å². The molecule has 0 fully saturated rings. The second-order valence-electron chi connectivity index (χ2n) is 4.55. The maximum atomic E-state index is 12.1. The lowest BCUT2D eigenvalue weighted by molar-refractivity contribution is 0.0935. The Kier molecular flexibility index (Phi) is 5.69. The maximum absolute atomic E-state index is 12.1. The number of carbonyl (C=O) groups excluding carboxylic acids is 1. The van der Waals surface area contributed by atoms with Crippen molar-refractivity contribution in [1.82, 2.24) is 5.32 Å². The van der Waals surface area contributed by atoms with Gasteiger partial charge in [0.15, 0.2) is 0 Å². The molecule has 1 aromatic rings. The number of nitrogens with one attached hydrogen (secondary N) is 2. The standard InChI is InChI=1S/C15H24N2O/c1-5-13(6-2)17-15(18)12-8-9-14(16-7-3)11(4)10-12/h8-10,13,16H,5-7H2,1-4H3,(H,17,18). The van der Waals surface area contributed by atoms with E-state index < -0.39 is 0 Å². The fourth-order valence-corrected chi connectivity index (χ4v) is 1.96. The molecule has 0 saturated heterocycles. The Morgan fingerprint density at radius 3 is 2.39 bits per heavy atom. The quantitative estimate of drug-likeness (QED) is 0.810. The normalized spacial score (nSPS) is 10.5. The highest BCUT2D eigenvalue weighted by Crippen LogP contribution is 2.16. The first-order chi connectivity index (χ1) is 8.62. The Bertz CT molecular complexity index is 397. The highest BCUT2D eigenvalue weighted by Gasteiger charge is 2.11. The molecule has 0 heterocycles. The van der Waals surface area contributed by atoms with Gasteiger partial charge >= 0.3 is 0 Å². The van der Waals surface area contributed by atoms with Crippen molar-refractivity contribution in [2.75, 3.05) is 11.9 Å². The van der Waals surface area contributed by atoms with Gasteiger partial charge in [-0.2, -0.15) is 0 Å². The van der Waals surface area contributed by atoms with Crippen LogP contribution in [0, 0.1) is 6.92 Å². The van der Waals surface area contributed by atoms with Crippen LogP contribution in [0.2, 0.25) is 0 Å². The van der Waals surface area contributed by atoms with Gasteiger partial charge in [0.1, 0.15) is 0 Å². The number of amides is 1. The highest BCUT2D eigenvalue weighted by atomic mass is 16.1. The number of carbonyl (C=O) groups is 1. The number of anilines is 1. The summed E-state index contributed by atoms with van der Waals surface area (Å²) in [6.45, 7) is 9.15.